The van der Waals surface area contributed by atoms with Crippen LogP contribution in [0, 0.1) is 6.92 Å². The van der Waals surface area contributed by atoms with Gasteiger partial charge in [0.1, 0.15) is 4.83 Å². The highest BCUT2D eigenvalue weighted by Gasteiger charge is 2.20. The average Bonchev–Trinajstić information content (AvgIpc) is 3.12. The van der Waals surface area contributed by atoms with E-state index in [0.717, 1.165) is 31.6 Å². The lowest BCUT2D eigenvalue weighted by Gasteiger charge is -2.28. The van der Waals surface area contributed by atoms with Crippen LogP contribution in [0.4, 0.5) is 11.4 Å². The van der Waals surface area contributed by atoms with Gasteiger partial charge >= 0.3 is 0 Å². The Bertz CT molecular complexity index is 1090. The van der Waals surface area contributed by atoms with E-state index in [1.165, 1.54) is 36.3 Å². The molecule has 4 rings (SSSR count). The van der Waals surface area contributed by atoms with Crippen molar-refractivity contribution in [3.05, 3.63) is 51.4 Å². The molecule has 30 heavy (non-hydrogen) atoms. The second-order valence-corrected chi connectivity index (χ2v) is 8.88. The summed E-state index contributed by atoms with van der Waals surface area (Å²) in [6.07, 6.45) is 7.30. The van der Waals surface area contributed by atoms with Crippen LogP contribution >= 0.6 is 11.3 Å². The first-order chi connectivity index (χ1) is 14.6. The number of carbonyl (C=O) groups excluding carboxylic acids is 1. The highest BCUT2D eigenvalue weighted by atomic mass is 32.1. The molecule has 3 heterocycles. The van der Waals surface area contributed by atoms with Crippen molar-refractivity contribution in [2.24, 2.45) is 0 Å². The predicted octanol–water partition coefficient (Wildman–Crippen LogP) is 4.81. The van der Waals surface area contributed by atoms with Crippen LogP contribution in [0.25, 0.3) is 10.2 Å². The van der Waals surface area contributed by atoms with Gasteiger partial charge in [0.2, 0.25) is 0 Å². The quantitative estimate of drug-likeness (QED) is 0.617. The molecule has 0 saturated carbocycles. The zero-order valence-electron chi connectivity index (χ0n) is 17.6. The average molecular weight is 425 g/mol. The molecule has 1 aliphatic heterocycles. The molecule has 2 aromatic heterocycles. The van der Waals surface area contributed by atoms with Gasteiger partial charge < -0.3 is 10.2 Å². The number of hydrogen-bond donors (Lipinski definition) is 1. The van der Waals surface area contributed by atoms with E-state index in [4.69, 9.17) is 0 Å². The number of nitrogens with zero attached hydrogens (tertiary/aromatic N) is 3. The fourth-order valence-electron chi connectivity index (χ4n) is 3.96. The second-order valence-electron chi connectivity index (χ2n) is 7.88. The van der Waals surface area contributed by atoms with Gasteiger partial charge in [-0.25, -0.2) is 4.98 Å². The molecule has 0 bridgehead atoms. The summed E-state index contributed by atoms with van der Waals surface area (Å²) in [5.74, 6) is -0.194. The van der Waals surface area contributed by atoms with Crippen molar-refractivity contribution in [1.82, 2.24) is 9.55 Å². The lowest BCUT2D eigenvalue weighted by Crippen LogP contribution is -2.29. The summed E-state index contributed by atoms with van der Waals surface area (Å²) in [7, 11) is 0. The topological polar surface area (TPSA) is 67.2 Å². The lowest BCUT2D eigenvalue weighted by molar-refractivity contribution is 0.103. The normalized spacial score (nSPS) is 14.3. The third-order valence-electron chi connectivity index (χ3n) is 5.72. The largest absolute Gasteiger partial charge is 0.372 e. The van der Waals surface area contributed by atoms with E-state index in [9.17, 15) is 9.59 Å². The van der Waals surface area contributed by atoms with Crippen LogP contribution in [0.2, 0.25) is 0 Å². The summed E-state index contributed by atoms with van der Waals surface area (Å²) in [5, 5.41) is 3.53. The standard InChI is InChI=1S/C23H28N4O2S/c1-3-4-12-27-15-24-22-19(23(27)29)16(2)20(30-22)21(28)25-17-8-10-18(11-9-17)26-13-6-5-7-14-26/h8-11,15H,3-7,12-14H2,1-2H3,(H,25,28). The molecule has 1 aromatic carbocycles. The van der Waals surface area contributed by atoms with Gasteiger partial charge in [-0.3, -0.25) is 14.2 Å². The van der Waals surface area contributed by atoms with Crippen LogP contribution in [0.5, 0.6) is 0 Å². The second kappa shape index (κ2) is 9.00. The first-order valence-corrected chi connectivity index (χ1v) is 11.5. The molecule has 1 N–H and O–H groups in total. The lowest BCUT2D eigenvalue weighted by atomic mass is 10.1. The van der Waals surface area contributed by atoms with Crippen LogP contribution in [0.15, 0.2) is 35.4 Å². The predicted molar refractivity (Wildman–Crippen MR) is 124 cm³/mol. The summed E-state index contributed by atoms with van der Waals surface area (Å²) >= 11 is 1.28. The molecule has 158 valence electrons. The van der Waals surface area contributed by atoms with Gasteiger partial charge in [0.25, 0.3) is 11.5 Å². The van der Waals surface area contributed by atoms with Crippen LogP contribution in [0.3, 0.4) is 0 Å². The number of aromatic nitrogens is 2. The maximum Gasteiger partial charge on any atom is 0.266 e. The summed E-state index contributed by atoms with van der Waals surface area (Å²) in [5.41, 5.74) is 2.60. The number of thiophene rings is 1. The van der Waals surface area contributed by atoms with Crippen molar-refractivity contribution in [2.75, 3.05) is 23.3 Å². The number of unbranched alkanes of at least 4 members (excludes halogenated alkanes) is 1. The molecule has 1 fully saturated rings. The molecule has 6 nitrogen and oxygen atoms in total. The molecule has 1 saturated heterocycles. The number of benzene rings is 1. The van der Waals surface area contributed by atoms with Gasteiger partial charge in [-0.2, -0.15) is 0 Å². The van der Waals surface area contributed by atoms with Crippen molar-refractivity contribution in [2.45, 2.75) is 52.5 Å². The van der Waals surface area contributed by atoms with E-state index in [2.05, 4.69) is 34.3 Å². The maximum atomic E-state index is 12.9. The monoisotopic (exact) mass is 424 g/mol. The molecule has 0 radical (unpaired) electrons. The number of fused-ring (bicyclic) bond motifs is 1. The highest BCUT2D eigenvalue weighted by molar-refractivity contribution is 7.20. The van der Waals surface area contributed by atoms with E-state index < -0.39 is 0 Å². The number of hydrogen-bond acceptors (Lipinski definition) is 5. The molecule has 0 spiro atoms. The van der Waals surface area contributed by atoms with Gasteiger partial charge in [-0.1, -0.05) is 13.3 Å². The number of amides is 1. The smallest absolute Gasteiger partial charge is 0.266 e. The fourth-order valence-corrected chi connectivity index (χ4v) is 4.99. The number of aryl methyl sites for hydroxylation is 2. The summed E-state index contributed by atoms with van der Waals surface area (Å²) < 4.78 is 1.65. The van der Waals surface area contributed by atoms with Crippen molar-refractivity contribution < 1.29 is 4.79 Å². The molecule has 7 heteroatoms. The Kier molecular flexibility index (Phi) is 6.18. The summed E-state index contributed by atoms with van der Waals surface area (Å²) in [6, 6.07) is 8.01. The fraction of sp³-hybridized carbons (Fsp3) is 0.435. The van der Waals surface area contributed by atoms with Crippen molar-refractivity contribution >= 4 is 38.8 Å². The van der Waals surface area contributed by atoms with Gasteiger partial charge in [-0.15, -0.1) is 11.3 Å². The summed E-state index contributed by atoms with van der Waals surface area (Å²) in [4.78, 5) is 33.7. The number of anilines is 2. The molecule has 0 atom stereocenters. The van der Waals surface area contributed by atoms with Crippen molar-refractivity contribution in [1.29, 1.82) is 0 Å². The Hall–Kier alpha value is -2.67. The van der Waals surface area contributed by atoms with E-state index in [-0.39, 0.29) is 11.5 Å². The number of carbonyl (C=O) groups is 1. The van der Waals surface area contributed by atoms with E-state index >= 15 is 0 Å². The third kappa shape index (κ3) is 4.12. The van der Waals surface area contributed by atoms with Gasteiger partial charge in [-0.05, 0) is 62.4 Å². The Morgan fingerprint density at radius 2 is 1.90 bits per heavy atom. The van der Waals surface area contributed by atoms with E-state index in [1.807, 2.05) is 19.1 Å². The molecular weight excluding hydrogens is 396 g/mol. The first-order valence-electron chi connectivity index (χ1n) is 10.7. The molecule has 1 amide bonds. The molecule has 0 aliphatic carbocycles. The van der Waals surface area contributed by atoms with Crippen molar-refractivity contribution in [3.63, 3.8) is 0 Å². The van der Waals surface area contributed by atoms with Gasteiger partial charge in [0.05, 0.1) is 16.6 Å². The minimum absolute atomic E-state index is 0.0628. The minimum atomic E-state index is -0.194. The Morgan fingerprint density at radius 3 is 2.60 bits per heavy atom. The first kappa shape index (κ1) is 20.6. The Labute approximate surface area is 180 Å². The summed E-state index contributed by atoms with van der Waals surface area (Å²) in [6.45, 7) is 6.76. The third-order valence-corrected chi connectivity index (χ3v) is 6.92. The Balaban J connectivity index is 1.53. The van der Waals surface area contributed by atoms with Crippen LogP contribution in [-0.4, -0.2) is 28.5 Å². The van der Waals surface area contributed by atoms with Crippen LogP contribution in [0.1, 0.15) is 54.3 Å². The molecule has 0 unspecified atom stereocenters. The Morgan fingerprint density at radius 1 is 1.17 bits per heavy atom. The molecule has 1 aliphatic rings. The SMILES string of the molecule is CCCCn1cnc2sc(C(=O)Nc3ccc(N4CCCCC4)cc3)c(C)c2c1=O. The number of rotatable bonds is 6. The maximum absolute atomic E-state index is 12.9. The number of piperidine rings is 1. The van der Waals surface area contributed by atoms with Gasteiger partial charge in [0.15, 0.2) is 0 Å². The van der Waals surface area contributed by atoms with E-state index in [1.54, 1.807) is 10.9 Å². The van der Waals surface area contributed by atoms with Crippen LogP contribution in [-0.2, 0) is 6.54 Å². The zero-order chi connectivity index (χ0) is 21.1. The number of nitrogens with one attached hydrogen (secondary N) is 1. The van der Waals surface area contributed by atoms with Gasteiger partial charge in [0, 0.05) is 31.0 Å². The minimum Gasteiger partial charge on any atom is -0.372 e. The zero-order valence-corrected chi connectivity index (χ0v) is 18.4. The highest BCUT2D eigenvalue weighted by Crippen LogP contribution is 2.28. The molecular formula is C23H28N4O2S. The molecule has 3 aromatic rings. The van der Waals surface area contributed by atoms with Crippen molar-refractivity contribution in [3.8, 4) is 0 Å². The van der Waals surface area contributed by atoms with Crippen LogP contribution < -0.4 is 15.8 Å². The van der Waals surface area contributed by atoms with E-state index in [0.29, 0.717) is 27.2 Å².